The number of carbonyl (C=O) groups is 1. The van der Waals surface area contributed by atoms with Gasteiger partial charge in [-0.2, -0.15) is 0 Å². The molecule has 1 aliphatic rings. The van der Waals surface area contributed by atoms with Crippen LogP contribution in [0.3, 0.4) is 0 Å². The second kappa shape index (κ2) is 7.24. The smallest absolute Gasteiger partial charge is 0.242 e. The molecule has 0 saturated carbocycles. The summed E-state index contributed by atoms with van der Waals surface area (Å²) in [6, 6.07) is 6.19. The molecule has 0 aromatic heterocycles. The highest BCUT2D eigenvalue weighted by Crippen LogP contribution is 2.26. The summed E-state index contributed by atoms with van der Waals surface area (Å²) in [5, 5.41) is 3.39. The number of nitrogens with one attached hydrogen (secondary N) is 1. The average molecular weight is 356 g/mol. The van der Waals surface area contributed by atoms with Gasteiger partial charge >= 0.3 is 0 Å². The molecular formula is C15H22BrN3O2. The molecule has 5 nitrogen and oxygen atoms in total. The summed E-state index contributed by atoms with van der Waals surface area (Å²) in [7, 11) is 0. The molecule has 1 aromatic carbocycles. The van der Waals surface area contributed by atoms with Crippen molar-refractivity contribution in [1.82, 2.24) is 5.32 Å². The fourth-order valence-electron chi connectivity index (χ4n) is 2.32. The molecule has 3 N–H and O–H groups in total. The normalized spacial score (nSPS) is 19.0. The average Bonchev–Trinajstić information content (AvgIpc) is 2.45. The topological polar surface area (TPSA) is 67.6 Å². The molecule has 116 valence electrons. The van der Waals surface area contributed by atoms with Gasteiger partial charge in [0.1, 0.15) is 6.04 Å². The molecule has 1 heterocycles. The highest BCUT2D eigenvalue weighted by molar-refractivity contribution is 9.10. The first-order valence-electron chi connectivity index (χ1n) is 7.14. The summed E-state index contributed by atoms with van der Waals surface area (Å²) in [6.07, 6.45) is 0. The Morgan fingerprint density at radius 3 is 2.95 bits per heavy atom. The summed E-state index contributed by atoms with van der Waals surface area (Å²) in [4.78, 5) is 13.6. The number of morpholine rings is 1. The number of anilines is 1. The lowest BCUT2D eigenvalue weighted by atomic mass is 10.1. The van der Waals surface area contributed by atoms with E-state index in [9.17, 15) is 4.79 Å². The third-order valence-electron chi connectivity index (χ3n) is 3.53. The van der Waals surface area contributed by atoms with Gasteiger partial charge in [0.15, 0.2) is 0 Å². The van der Waals surface area contributed by atoms with E-state index < -0.39 is 6.04 Å². The van der Waals surface area contributed by atoms with E-state index in [0.29, 0.717) is 25.8 Å². The Hall–Kier alpha value is -1.11. The van der Waals surface area contributed by atoms with Crippen LogP contribution < -0.4 is 16.0 Å². The molecule has 1 amide bonds. The van der Waals surface area contributed by atoms with Gasteiger partial charge in [-0.3, -0.25) is 4.79 Å². The van der Waals surface area contributed by atoms with E-state index >= 15 is 0 Å². The third kappa shape index (κ3) is 4.18. The van der Waals surface area contributed by atoms with Crippen LogP contribution in [0.25, 0.3) is 0 Å². The molecule has 1 saturated heterocycles. The molecule has 1 atom stereocenters. The van der Waals surface area contributed by atoms with E-state index in [2.05, 4.69) is 41.2 Å². The maximum Gasteiger partial charge on any atom is 0.242 e. The van der Waals surface area contributed by atoms with Crippen LogP contribution in [0.4, 0.5) is 5.69 Å². The zero-order chi connectivity index (χ0) is 15.4. The van der Waals surface area contributed by atoms with Crippen molar-refractivity contribution in [2.45, 2.75) is 32.5 Å². The standard InChI is InChI=1S/C15H22BrN3O2/c1-10(2)18-8-11-3-4-12(7-13(11)16)19-5-6-21-9-14(19)15(17)20/h3-4,7,10,14,18H,5-6,8-9H2,1-2H3,(H2,17,20). The van der Waals surface area contributed by atoms with Gasteiger partial charge in [-0.1, -0.05) is 35.8 Å². The molecule has 1 aliphatic heterocycles. The fourth-order valence-corrected chi connectivity index (χ4v) is 2.83. The fraction of sp³-hybridized carbons (Fsp3) is 0.533. The van der Waals surface area contributed by atoms with Crippen LogP contribution in [0.15, 0.2) is 22.7 Å². The molecule has 6 heteroatoms. The number of hydrogen-bond donors (Lipinski definition) is 2. The van der Waals surface area contributed by atoms with E-state index in [1.807, 2.05) is 17.0 Å². The van der Waals surface area contributed by atoms with Gasteiger partial charge in [0.2, 0.25) is 5.91 Å². The molecule has 0 aliphatic carbocycles. The zero-order valence-electron chi connectivity index (χ0n) is 12.4. The van der Waals surface area contributed by atoms with Gasteiger partial charge in [-0.15, -0.1) is 0 Å². The SMILES string of the molecule is CC(C)NCc1ccc(N2CCOCC2C(N)=O)cc1Br. The van der Waals surface area contributed by atoms with E-state index in [1.165, 1.54) is 5.56 Å². The summed E-state index contributed by atoms with van der Waals surface area (Å²) < 4.78 is 6.38. The monoisotopic (exact) mass is 355 g/mol. The predicted molar refractivity (Wildman–Crippen MR) is 87.3 cm³/mol. The number of primary amides is 1. The number of halogens is 1. The van der Waals surface area contributed by atoms with Crippen LogP contribution in [-0.4, -0.2) is 37.7 Å². The number of nitrogens with zero attached hydrogens (tertiary/aromatic N) is 1. The Balaban J connectivity index is 2.16. The summed E-state index contributed by atoms with van der Waals surface area (Å²) in [5.74, 6) is -0.351. The van der Waals surface area contributed by atoms with Crippen LogP contribution in [0.2, 0.25) is 0 Å². The number of hydrogen-bond acceptors (Lipinski definition) is 4. The van der Waals surface area contributed by atoms with Crippen molar-refractivity contribution >= 4 is 27.5 Å². The molecule has 21 heavy (non-hydrogen) atoms. The summed E-state index contributed by atoms with van der Waals surface area (Å²) in [6.45, 7) is 6.67. The van der Waals surface area contributed by atoms with Crippen molar-refractivity contribution in [2.75, 3.05) is 24.7 Å². The summed E-state index contributed by atoms with van der Waals surface area (Å²) >= 11 is 3.61. The maximum absolute atomic E-state index is 11.5. The van der Waals surface area contributed by atoms with Crippen LogP contribution in [-0.2, 0) is 16.1 Å². The van der Waals surface area contributed by atoms with Gasteiger partial charge in [-0.25, -0.2) is 0 Å². The first kappa shape index (κ1) is 16.3. The molecule has 1 unspecified atom stereocenters. The quantitative estimate of drug-likeness (QED) is 0.842. The van der Waals surface area contributed by atoms with Crippen LogP contribution in [0.1, 0.15) is 19.4 Å². The number of amides is 1. The van der Waals surface area contributed by atoms with Crippen molar-refractivity contribution < 1.29 is 9.53 Å². The maximum atomic E-state index is 11.5. The van der Waals surface area contributed by atoms with Crippen molar-refractivity contribution in [1.29, 1.82) is 0 Å². The lowest BCUT2D eigenvalue weighted by Gasteiger charge is -2.35. The minimum atomic E-state index is -0.398. The minimum absolute atomic E-state index is 0.351. The molecule has 2 rings (SSSR count). The third-order valence-corrected chi connectivity index (χ3v) is 4.26. The second-order valence-electron chi connectivity index (χ2n) is 5.50. The molecule has 0 bridgehead atoms. The van der Waals surface area contributed by atoms with E-state index in [4.69, 9.17) is 10.5 Å². The first-order chi connectivity index (χ1) is 9.99. The van der Waals surface area contributed by atoms with Crippen LogP contribution in [0.5, 0.6) is 0 Å². The van der Waals surface area contributed by atoms with Crippen LogP contribution in [0, 0.1) is 0 Å². The molecule has 0 spiro atoms. The van der Waals surface area contributed by atoms with Crippen molar-refractivity contribution in [3.05, 3.63) is 28.2 Å². The predicted octanol–water partition coefficient (Wildman–Crippen LogP) is 1.64. The molecule has 1 aromatic rings. The Morgan fingerprint density at radius 2 is 2.33 bits per heavy atom. The molecule has 1 fully saturated rings. The highest BCUT2D eigenvalue weighted by atomic mass is 79.9. The summed E-state index contributed by atoms with van der Waals surface area (Å²) in [5.41, 5.74) is 7.64. The van der Waals surface area contributed by atoms with E-state index in [-0.39, 0.29) is 5.91 Å². The number of carbonyl (C=O) groups excluding carboxylic acids is 1. The van der Waals surface area contributed by atoms with Gasteiger partial charge < -0.3 is 20.7 Å². The van der Waals surface area contributed by atoms with E-state index in [0.717, 1.165) is 16.7 Å². The first-order valence-corrected chi connectivity index (χ1v) is 7.94. The zero-order valence-corrected chi connectivity index (χ0v) is 14.0. The van der Waals surface area contributed by atoms with Crippen LogP contribution >= 0.6 is 15.9 Å². The lowest BCUT2D eigenvalue weighted by Crippen LogP contribution is -2.52. The Bertz CT molecular complexity index is 508. The Labute approximate surface area is 134 Å². The van der Waals surface area contributed by atoms with Gasteiger partial charge in [0.05, 0.1) is 13.2 Å². The minimum Gasteiger partial charge on any atom is -0.377 e. The number of benzene rings is 1. The Kier molecular flexibility index (Phi) is 5.61. The molecule has 0 radical (unpaired) electrons. The van der Waals surface area contributed by atoms with Crippen molar-refractivity contribution in [3.8, 4) is 0 Å². The lowest BCUT2D eigenvalue weighted by molar-refractivity contribution is -0.121. The highest BCUT2D eigenvalue weighted by Gasteiger charge is 2.28. The second-order valence-corrected chi connectivity index (χ2v) is 6.35. The largest absolute Gasteiger partial charge is 0.377 e. The Morgan fingerprint density at radius 1 is 1.57 bits per heavy atom. The van der Waals surface area contributed by atoms with Crippen molar-refractivity contribution in [2.24, 2.45) is 5.73 Å². The van der Waals surface area contributed by atoms with Crippen molar-refractivity contribution in [3.63, 3.8) is 0 Å². The molecular weight excluding hydrogens is 334 g/mol. The van der Waals surface area contributed by atoms with Gasteiger partial charge in [0, 0.05) is 29.3 Å². The number of ether oxygens (including phenoxy) is 1. The van der Waals surface area contributed by atoms with E-state index in [1.54, 1.807) is 0 Å². The van der Waals surface area contributed by atoms with Gasteiger partial charge in [-0.05, 0) is 17.7 Å². The number of nitrogens with two attached hydrogens (primary N) is 1. The number of rotatable bonds is 5. The van der Waals surface area contributed by atoms with Gasteiger partial charge in [0.25, 0.3) is 0 Å².